The van der Waals surface area contributed by atoms with Crippen molar-refractivity contribution >= 4 is 28.4 Å². The van der Waals surface area contributed by atoms with Gasteiger partial charge >= 0.3 is 0 Å². The number of fused-ring (bicyclic) bond motifs is 1. The van der Waals surface area contributed by atoms with E-state index in [0.717, 1.165) is 66.6 Å². The van der Waals surface area contributed by atoms with Gasteiger partial charge in [-0.15, -0.1) is 0 Å². The molecule has 0 aliphatic carbocycles. The molecular formula is C23H31N7O2. The van der Waals surface area contributed by atoms with Gasteiger partial charge in [-0.05, 0) is 37.0 Å². The molecule has 0 radical (unpaired) electrons. The molecule has 2 aromatic heterocycles. The van der Waals surface area contributed by atoms with Crippen LogP contribution in [0.5, 0.6) is 5.75 Å². The summed E-state index contributed by atoms with van der Waals surface area (Å²) in [6.45, 7) is 4.78. The van der Waals surface area contributed by atoms with Gasteiger partial charge < -0.3 is 31.6 Å². The van der Waals surface area contributed by atoms with Gasteiger partial charge in [-0.3, -0.25) is 0 Å². The summed E-state index contributed by atoms with van der Waals surface area (Å²) in [6, 6.07) is 6.26. The maximum Gasteiger partial charge on any atom is 0.151 e. The Kier molecular flexibility index (Phi) is 6.87. The molecule has 3 heterocycles. The summed E-state index contributed by atoms with van der Waals surface area (Å²) in [5.41, 5.74) is 16.7. The topological polar surface area (TPSA) is 133 Å². The summed E-state index contributed by atoms with van der Waals surface area (Å²) >= 11 is 0. The monoisotopic (exact) mass is 437 g/mol. The second kappa shape index (κ2) is 9.97. The van der Waals surface area contributed by atoms with Crippen LogP contribution in [-0.2, 0) is 11.2 Å². The molecule has 1 aromatic carbocycles. The van der Waals surface area contributed by atoms with E-state index in [4.69, 9.17) is 30.9 Å². The van der Waals surface area contributed by atoms with Crippen molar-refractivity contribution in [2.45, 2.75) is 32.2 Å². The van der Waals surface area contributed by atoms with Crippen molar-refractivity contribution in [3.8, 4) is 16.9 Å². The molecule has 0 bridgehead atoms. The Balaban J connectivity index is 1.79. The number of hydrogen-bond donors (Lipinski definition) is 4. The molecule has 1 aliphatic rings. The smallest absolute Gasteiger partial charge is 0.151 e. The summed E-state index contributed by atoms with van der Waals surface area (Å²) < 4.78 is 11.1. The van der Waals surface area contributed by atoms with Gasteiger partial charge in [0.15, 0.2) is 5.82 Å². The highest BCUT2D eigenvalue weighted by Gasteiger charge is 2.19. The van der Waals surface area contributed by atoms with Crippen LogP contribution < -0.4 is 26.8 Å². The van der Waals surface area contributed by atoms with E-state index in [1.165, 1.54) is 0 Å². The average molecular weight is 438 g/mol. The highest BCUT2D eigenvalue weighted by Crippen LogP contribution is 2.35. The van der Waals surface area contributed by atoms with Gasteiger partial charge in [0.2, 0.25) is 0 Å². The number of nitrogen functional groups attached to an aromatic ring is 1. The lowest BCUT2D eigenvalue weighted by molar-refractivity contribution is 0.0903. The lowest BCUT2D eigenvalue weighted by Crippen LogP contribution is -2.29. The van der Waals surface area contributed by atoms with Crippen LogP contribution in [0, 0.1) is 0 Å². The fraction of sp³-hybridized carbons (Fsp3) is 0.435. The van der Waals surface area contributed by atoms with Crippen LogP contribution in [0.4, 0.5) is 17.3 Å². The van der Waals surface area contributed by atoms with Crippen molar-refractivity contribution in [1.29, 1.82) is 0 Å². The van der Waals surface area contributed by atoms with Crippen molar-refractivity contribution in [1.82, 2.24) is 15.0 Å². The first kappa shape index (κ1) is 22.0. The Labute approximate surface area is 187 Å². The van der Waals surface area contributed by atoms with E-state index in [1.807, 2.05) is 18.2 Å². The highest BCUT2D eigenvalue weighted by molar-refractivity contribution is 5.97. The van der Waals surface area contributed by atoms with E-state index in [0.29, 0.717) is 36.0 Å². The minimum Gasteiger partial charge on any atom is -0.495 e. The highest BCUT2D eigenvalue weighted by atomic mass is 16.5. The fourth-order valence-electron chi connectivity index (χ4n) is 3.91. The minimum absolute atomic E-state index is 0.316. The Morgan fingerprint density at radius 3 is 2.72 bits per heavy atom. The van der Waals surface area contributed by atoms with Gasteiger partial charge in [0.1, 0.15) is 22.6 Å². The molecule has 6 N–H and O–H groups in total. The molecule has 3 aromatic rings. The van der Waals surface area contributed by atoms with E-state index in [2.05, 4.69) is 22.5 Å². The van der Waals surface area contributed by atoms with Crippen molar-refractivity contribution < 1.29 is 9.47 Å². The number of aromatic nitrogens is 3. The largest absolute Gasteiger partial charge is 0.495 e. The second-order valence-corrected chi connectivity index (χ2v) is 7.79. The number of nitrogens with zero attached hydrogens (tertiary/aromatic N) is 3. The number of nitrogens with one attached hydrogen (secondary N) is 2. The maximum atomic E-state index is 6.20. The molecule has 9 heteroatoms. The number of hydrogen-bond acceptors (Lipinski definition) is 9. The molecule has 1 fully saturated rings. The van der Waals surface area contributed by atoms with Crippen LogP contribution in [0.15, 0.2) is 24.4 Å². The first-order valence-electron chi connectivity index (χ1n) is 11.1. The summed E-state index contributed by atoms with van der Waals surface area (Å²) in [6.07, 6.45) is 4.39. The van der Waals surface area contributed by atoms with Crippen molar-refractivity contribution in [3.63, 3.8) is 0 Å². The lowest BCUT2D eigenvalue weighted by Gasteiger charge is -2.24. The van der Waals surface area contributed by atoms with Crippen molar-refractivity contribution in [3.05, 3.63) is 30.1 Å². The molecule has 4 rings (SSSR count). The number of benzene rings is 1. The number of ether oxygens (including phenoxy) is 2. The standard InChI is InChI=1S/C23H31N7O2/c1-3-17-23(28-15-6-10-32-11-7-15)30-20-16(13-27-22(25)21(20)29-17)14-4-5-18(26-9-8-24)19(12-14)31-2/h4-5,12-13,15,26H,3,6-11,24H2,1-2H3,(H2,25,27)(H,28,30). The predicted molar refractivity (Wildman–Crippen MR) is 128 cm³/mol. The molecule has 1 aliphatic heterocycles. The molecule has 32 heavy (non-hydrogen) atoms. The number of anilines is 3. The molecular weight excluding hydrogens is 406 g/mol. The number of methoxy groups -OCH3 is 1. The first-order chi connectivity index (χ1) is 15.6. The Morgan fingerprint density at radius 2 is 2.00 bits per heavy atom. The zero-order chi connectivity index (χ0) is 22.5. The zero-order valence-corrected chi connectivity index (χ0v) is 18.6. The molecule has 0 unspecified atom stereocenters. The Morgan fingerprint density at radius 1 is 1.19 bits per heavy atom. The lowest BCUT2D eigenvalue weighted by atomic mass is 10.0. The van der Waals surface area contributed by atoms with E-state index < -0.39 is 0 Å². The summed E-state index contributed by atoms with van der Waals surface area (Å²) in [5.74, 6) is 1.89. The van der Waals surface area contributed by atoms with Gasteiger partial charge in [0.25, 0.3) is 0 Å². The van der Waals surface area contributed by atoms with Gasteiger partial charge in [0, 0.05) is 44.1 Å². The number of aryl methyl sites for hydroxylation is 1. The SMILES string of the molecule is CCc1nc2c(N)ncc(-c3ccc(NCCN)c(OC)c3)c2nc1NC1CCOCC1. The van der Waals surface area contributed by atoms with Crippen molar-refractivity contribution in [2.75, 3.05) is 49.8 Å². The third-order valence-electron chi connectivity index (χ3n) is 5.67. The molecule has 1 saturated heterocycles. The third kappa shape index (κ3) is 4.53. The molecule has 0 saturated carbocycles. The van der Waals surface area contributed by atoms with Crippen LogP contribution >= 0.6 is 0 Å². The number of pyridine rings is 1. The maximum absolute atomic E-state index is 6.20. The Bertz CT molecular complexity index is 1080. The van der Waals surface area contributed by atoms with Gasteiger partial charge in [-0.2, -0.15) is 0 Å². The number of rotatable bonds is 8. The molecule has 0 amide bonds. The quantitative estimate of drug-likeness (QED) is 0.420. The normalized spacial score (nSPS) is 14.5. The van der Waals surface area contributed by atoms with Crippen LogP contribution in [0.25, 0.3) is 22.2 Å². The van der Waals surface area contributed by atoms with Crippen LogP contribution in [0.1, 0.15) is 25.5 Å². The van der Waals surface area contributed by atoms with Crippen LogP contribution in [0.3, 0.4) is 0 Å². The van der Waals surface area contributed by atoms with E-state index in [9.17, 15) is 0 Å². The second-order valence-electron chi connectivity index (χ2n) is 7.79. The first-order valence-corrected chi connectivity index (χ1v) is 11.1. The molecule has 170 valence electrons. The van der Waals surface area contributed by atoms with Crippen LogP contribution in [-0.4, -0.2) is 54.4 Å². The fourth-order valence-corrected chi connectivity index (χ4v) is 3.91. The number of nitrogens with two attached hydrogens (primary N) is 2. The molecule has 9 nitrogen and oxygen atoms in total. The summed E-state index contributed by atoms with van der Waals surface area (Å²) in [4.78, 5) is 14.2. The third-order valence-corrected chi connectivity index (χ3v) is 5.67. The average Bonchev–Trinajstić information content (AvgIpc) is 2.83. The molecule has 0 spiro atoms. The van der Waals surface area contributed by atoms with Gasteiger partial charge in [0.05, 0.1) is 18.5 Å². The minimum atomic E-state index is 0.316. The molecule has 0 atom stereocenters. The van der Waals surface area contributed by atoms with Crippen molar-refractivity contribution in [2.24, 2.45) is 5.73 Å². The zero-order valence-electron chi connectivity index (χ0n) is 18.6. The van der Waals surface area contributed by atoms with Gasteiger partial charge in [-0.1, -0.05) is 13.0 Å². The Hall–Kier alpha value is -3.17. The van der Waals surface area contributed by atoms with E-state index in [1.54, 1.807) is 13.3 Å². The summed E-state index contributed by atoms with van der Waals surface area (Å²) in [7, 11) is 1.65. The summed E-state index contributed by atoms with van der Waals surface area (Å²) in [5, 5.41) is 6.86. The van der Waals surface area contributed by atoms with E-state index >= 15 is 0 Å². The predicted octanol–water partition coefficient (Wildman–Crippen LogP) is 2.81. The van der Waals surface area contributed by atoms with Gasteiger partial charge in [-0.25, -0.2) is 15.0 Å². The van der Waals surface area contributed by atoms with E-state index in [-0.39, 0.29) is 0 Å². The van der Waals surface area contributed by atoms with Crippen LogP contribution in [0.2, 0.25) is 0 Å².